The van der Waals surface area contributed by atoms with Gasteiger partial charge in [-0.1, -0.05) is 0 Å². The molecule has 3 rings (SSSR count). The lowest BCUT2D eigenvalue weighted by molar-refractivity contribution is -0.128. The van der Waals surface area contributed by atoms with Gasteiger partial charge in [0.15, 0.2) is 0 Å². The van der Waals surface area contributed by atoms with Gasteiger partial charge in [0.25, 0.3) is 11.8 Å². The Morgan fingerprint density at radius 2 is 2.29 bits per heavy atom. The van der Waals surface area contributed by atoms with Crippen LogP contribution in [0, 0.1) is 0 Å². The lowest BCUT2D eigenvalue weighted by Gasteiger charge is -2.23. The highest BCUT2D eigenvalue weighted by atomic mass is 32.1. The maximum Gasteiger partial charge on any atom is 0.274 e. The Bertz CT molecular complexity index is 485. The van der Waals surface area contributed by atoms with Crippen molar-refractivity contribution < 1.29 is 14.4 Å². The zero-order chi connectivity index (χ0) is 12.0. The van der Waals surface area contributed by atoms with Crippen LogP contribution in [-0.2, 0) is 9.63 Å². The molecule has 0 aromatic carbocycles. The average Bonchev–Trinajstić information content (AvgIpc) is 2.96. The second kappa shape index (κ2) is 3.82. The van der Waals surface area contributed by atoms with Crippen molar-refractivity contribution in [3.8, 4) is 0 Å². The first-order valence-corrected chi connectivity index (χ1v) is 6.38. The van der Waals surface area contributed by atoms with Gasteiger partial charge in [0.1, 0.15) is 11.0 Å². The Labute approximate surface area is 103 Å². The van der Waals surface area contributed by atoms with Gasteiger partial charge >= 0.3 is 0 Å². The summed E-state index contributed by atoms with van der Waals surface area (Å²) in [6.07, 6.45) is 1.60. The van der Waals surface area contributed by atoms with Crippen LogP contribution in [0.3, 0.4) is 0 Å². The second-order valence-corrected chi connectivity index (χ2v) is 5.01. The molecule has 2 amide bonds. The van der Waals surface area contributed by atoms with Crippen LogP contribution >= 0.6 is 11.3 Å². The molecule has 0 aliphatic carbocycles. The van der Waals surface area contributed by atoms with Crippen molar-refractivity contribution in [3.63, 3.8) is 0 Å². The Kier molecular flexibility index (Phi) is 2.41. The molecule has 0 radical (unpaired) electrons. The van der Waals surface area contributed by atoms with Crippen molar-refractivity contribution in [2.45, 2.75) is 18.9 Å². The SMILES string of the molecule is CON1C(=O)[C@@H]2CCCN2C(=O)c2ccsc21. The van der Waals surface area contributed by atoms with Crippen molar-refractivity contribution in [3.05, 3.63) is 17.0 Å². The highest BCUT2D eigenvalue weighted by Crippen LogP contribution is 2.35. The van der Waals surface area contributed by atoms with Crippen LogP contribution in [0.25, 0.3) is 0 Å². The van der Waals surface area contributed by atoms with Gasteiger partial charge < -0.3 is 4.90 Å². The van der Waals surface area contributed by atoms with Crippen LogP contribution in [-0.4, -0.2) is 36.4 Å². The normalized spacial score (nSPS) is 23.7. The van der Waals surface area contributed by atoms with E-state index in [1.165, 1.54) is 23.5 Å². The molecular weight excluding hydrogens is 240 g/mol. The monoisotopic (exact) mass is 252 g/mol. The molecular formula is C11H12N2O3S. The van der Waals surface area contributed by atoms with Crippen molar-refractivity contribution >= 4 is 28.2 Å². The van der Waals surface area contributed by atoms with Crippen LogP contribution in [0.5, 0.6) is 0 Å². The first-order valence-electron chi connectivity index (χ1n) is 5.50. The summed E-state index contributed by atoms with van der Waals surface area (Å²) in [5.41, 5.74) is 0.564. The predicted octanol–water partition coefficient (Wildman–Crippen LogP) is 1.26. The number of rotatable bonds is 1. The summed E-state index contributed by atoms with van der Waals surface area (Å²) in [6, 6.07) is 1.39. The molecule has 5 nitrogen and oxygen atoms in total. The van der Waals surface area contributed by atoms with Gasteiger partial charge in [-0.05, 0) is 24.3 Å². The summed E-state index contributed by atoms with van der Waals surface area (Å²) in [6.45, 7) is 0.655. The molecule has 90 valence electrons. The van der Waals surface area contributed by atoms with E-state index >= 15 is 0 Å². The molecule has 1 fully saturated rings. The van der Waals surface area contributed by atoms with Gasteiger partial charge in [-0.2, -0.15) is 5.06 Å². The lowest BCUT2D eigenvalue weighted by Crippen LogP contribution is -2.44. The Morgan fingerprint density at radius 1 is 1.47 bits per heavy atom. The van der Waals surface area contributed by atoms with Gasteiger partial charge in [0.05, 0.1) is 12.7 Å². The number of hydrogen-bond donors (Lipinski definition) is 0. The number of thiophene rings is 1. The summed E-state index contributed by atoms with van der Waals surface area (Å²) in [5, 5.41) is 3.66. The van der Waals surface area contributed by atoms with Gasteiger partial charge in [0.2, 0.25) is 0 Å². The number of hydroxylamine groups is 1. The van der Waals surface area contributed by atoms with E-state index in [9.17, 15) is 9.59 Å². The number of fused-ring (bicyclic) bond motifs is 2. The summed E-state index contributed by atoms with van der Waals surface area (Å²) in [5.74, 6) is -0.198. The molecule has 1 saturated heterocycles. The number of carbonyl (C=O) groups excluding carboxylic acids is 2. The van der Waals surface area contributed by atoms with Crippen LogP contribution in [0.1, 0.15) is 23.2 Å². The highest BCUT2D eigenvalue weighted by Gasteiger charge is 2.42. The van der Waals surface area contributed by atoms with Gasteiger partial charge in [0, 0.05) is 6.54 Å². The number of amides is 2. The van der Waals surface area contributed by atoms with E-state index in [0.29, 0.717) is 17.1 Å². The Balaban J connectivity index is 2.13. The second-order valence-electron chi connectivity index (χ2n) is 4.11. The molecule has 0 saturated carbocycles. The van der Waals surface area contributed by atoms with Gasteiger partial charge in [-0.15, -0.1) is 11.3 Å². The van der Waals surface area contributed by atoms with Crippen molar-refractivity contribution in [1.82, 2.24) is 4.90 Å². The fraction of sp³-hybridized carbons (Fsp3) is 0.455. The minimum absolute atomic E-state index is 0.0587. The molecule has 2 aliphatic heterocycles. The van der Waals surface area contributed by atoms with E-state index in [1.54, 1.807) is 16.3 Å². The predicted molar refractivity (Wildman–Crippen MR) is 62.9 cm³/mol. The van der Waals surface area contributed by atoms with Gasteiger partial charge in [-0.25, -0.2) is 0 Å². The fourth-order valence-electron chi connectivity index (χ4n) is 2.45. The van der Waals surface area contributed by atoms with E-state index < -0.39 is 0 Å². The fourth-order valence-corrected chi connectivity index (χ4v) is 3.33. The third kappa shape index (κ3) is 1.41. The van der Waals surface area contributed by atoms with Crippen LogP contribution in [0.4, 0.5) is 5.00 Å². The zero-order valence-corrected chi connectivity index (χ0v) is 10.2. The number of anilines is 1. The molecule has 2 aliphatic rings. The first-order chi connectivity index (χ1) is 8.24. The van der Waals surface area contributed by atoms with Crippen molar-refractivity contribution in [1.29, 1.82) is 0 Å². The molecule has 0 spiro atoms. The van der Waals surface area contributed by atoms with E-state index in [-0.39, 0.29) is 17.9 Å². The van der Waals surface area contributed by atoms with Gasteiger partial charge in [-0.3, -0.25) is 14.4 Å². The van der Waals surface area contributed by atoms with Crippen LogP contribution in [0.2, 0.25) is 0 Å². The standard InChI is InChI=1S/C11H12N2O3S/c1-16-13-10(15)8-3-2-5-12(8)9(14)7-4-6-17-11(7)13/h4,6,8H,2-3,5H2,1H3/t8-/m0/s1. The zero-order valence-electron chi connectivity index (χ0n) is 9.38. The molecule has 17 heavy (non-hydrogen) atoms. The van der Waals surface area contributed by atoms with Crippen LogP contribution < -0.4 is 5.06 Å². The maximum absolute atomic E-state index is 12.3. The largest absolute Gasteiger partial charge is 0.326 e. The Morgan fingerprint density at radius 3 is 3.06 bits per heavy atom. The van der Waals surface area contributed by atoms with E-state index in [1.807, 2.05) is 0 Å². The summed E-state index contributed by atoms with van der Waals surface area (Å²) >= 11 is 1.35. The summed E-state index contributed by atoms with van der Waals surface area (Å²) < 4.78 is 0. The number of carbonyl (C=O) groups is 2. The molecule has 1 aromatic heterocycles. The minimum atomic E-state index is -0.359. The first kappa shape index (κ1) is 10.7. The molecule has 3 heterocycles. The smallest absolute Gasteiger partial charge is 0.274 e. The molecule has 0 unspecified atom stereocenters. The highest BCUT2D eigenvalue weighted by molar-refractivity contribution is 7.14. The summed E-state index contributed by atoms with van der Waals surface area (Å²) in [7, 11) is 1.45. The maximum atomic E-state index is 12.3. The number of nitrogens with zero attached hydrogens (tertiary/aromatic N) is 2. The molecule has 1 aromatic rings. The van der Waals surface area contributed by atoms with E-state index in [0.717, 1.165) is 12.8 Å². The van der Waals surface area contributed by atoms with E-state index in [4.69, 9.17) is 4.84 Å². The average molecular weight is 252 g/mol. The minimum Gasteiger partial charge on any atom is -0.326 e. The summed E-state index contributed by atoms with van der Waals surface area (Å²) in [4.78, 5) is 31.4. The molecule has 0 N–H and O–H groups in total. The lowest BCUT2D eigenvalue weighted by atomic mass is 10.2. The molecule has 6 heteroatoms. The van der Waals surface area contributed by atoms with Crippen molar-refractivity contribution in [2.75, 3.05) is 18.7 Å². The molecule has 0 bridgehead atoms. The third-order valence-electron chi connectivity index (χ3n) is 3.24. The molecule has 1 atom stereocenters. The Hall–Kier alpha value is -1.40. The quantitative estimate of drug-likeness (QED) is 0.756. The number of hydrogen-bond acceptors (Lipinski definition) is 4. The van der Waals surface area contributed by atoms with E-state index in [2.05, 4.69) is 0 Å². The van der Waals surface area contributed by atoms with Crippen LogP contribution in [0.15, 0.2) is 11.4 Å². The topological polar surface area (TPSA) is 49.9 Å². The third-order valence-corrected chi connectivity index (χ3v) is 4.12. The van der Waals surface area contributed by atoms with Crippen molar-refractivity contribution in [2.24, 2.45) is 0 Å².